The number of hydrogen-bond donors (Lipinski definition) is 3. The number of nitrogen functional groups attached to an aromatic ring is 1. The van der Waals surface area contributed by atoms with Crippen LogP contribution in [0.15, 0.2) is 18.2 Å². The highest BCUT2D eigenvalue weighted by molar-refractivity contribution is 5.98. The third-order valence-electron chi connectivity index (χ3n) is 1.63. The van der Waals surface area contributed by atoms with Crippen molar-refractivity contribution in [3.05, 3.63) is 29.3 Å². The lowest BCUT2D eigenvalue weighted by atomic mass is 10.1. The van der Waals surface area contributed by atoms with E-state index in [1.54, 1.807) is 6.07 Å². The lowest BCUT2D eigenvalue weighted by Gasteiger charge is -2.02. The zero-order valence-corrected chi connectivity index (χ0v) is 7.65. The monoisotopic (exact) mass is 204 g/mol. The minimum absolute atomic E-state index is 0.0961. The van der Waals surface area contributed by atoms with E-state index in [-0.39, 0.29) is 16.8 Å². The molecule has 0 aromatic heterocycles. The number of anilines is 1. The summed E-state index contributed by atoms with van der Waals surface area (Å²) < 4.78 is 0. The number of hydrogen-bond acceptors (Lipinski definition) is 3. The Balaban J connectivity index is 3.31. The second kappa shape index (κ2) is 4.15. The van der Waals surface area contributed by atoms with Crippen LogP contribution in [0.3, 0.4) is 0 Å². The molecule has 0 radical (unpaired) electrons. The summed E-state index contributed by atoms with van der Waals surface area (Å²) in [6, 6.07) is 4.45. The van der Waals surface area contributed by atoms with Gasteiger partial charge in [0.25, 0.3) is 5.91 Å². The van der Waals surface area contributed by atoms with Crippen molar-refractivity contribution in [1.29, 1.82) is 0 Å². The number of carboxylic acid groups (broad SMARTS) is 1. The Morgan fingerprint density at radius 2 is 2.00 bits per heavy atom. The fourth-order valence-corrected chi connectivity index (χ4v) is 1.04. The van der Waals surface area contributed by atoms with E-state index >= 15 is 0 Å². The number of carbonyl (C=O) groups excluding carboxylic acids is 1. The molecule has 0 unspecified atom stereocenters. The number of benzene rings is 1. The molecule has 1 aromatic rings. The number of aromatic carboxylic acids is 1. The molecule has 0 heterocycles. The van der Waals surface area contributed by atoms with E-state index < -0.39 is 11.9 Å². The number of carboxylic acids is 1. The van der Waals surface area contributed by atoms with Gasteiger partial charge in [-0.05, 0) is 12.1 Å². The highest BCUT2D eigenvalue weighted by atomic mass is 16.4. The van der Waals surface area contributed by atoms with Gasteiger partial charge in [0.05, 0.1) is 5.56 Å². The number of carbonyl (C=O) groups is 2. The molecule has 0 aliphatic carbocycles. The van der Waals surface area contributed by atoms with Crippen LogP contribution < -0.4 is 11.5 Å². The molecule has 5 nitrogen and oxygen atoms in total. The van der Waals surface area contributed by atoms with Gasteiger partial charge in [-0.3, -0.25) is 4.79 Å². The van der Waals surface area contributed by atoms with Gasteiger partial charge in [0.2, 0.25) is 0 Å². The summed E-state index contributed by atoms with van der Waals surface area (Å²) in [6.45, 7) is 0. The Kier molecular flexibility index (Phi) is 2.94. The van der Waals surface area contributed by atoms with Crippen LogP contribution in [0.4, 0.5) is 5.69 Å². The zero-order valence-electron chi connectivity index (χ0n) is 7.65. The molecule has 1 rings (SSSR count). The summed E-state index contributed by atoms with van der Waals surface area (Å²) in [6.07, 6.45) is 0. The Morgan fingerprint density at radius 3 is 2.53 bits per heavy atom. The van der Waals surface area contributed by atoms with Gasteiger partial charge in [0.1, 0.15) is 0 Å². The van der Waals surface area contributed by atoms with E-state index in [1.165, 1.54) is 12.1 Å². The predicted octanol–water partition coefficient (Wildman–Crippen LogP) is -0.196. The van der Waals surface area contributed by atoms with Crippen LogP contribution in [0.2, 0.25) is 0 Å². The van der Waals surface area contributed by atoms with E-state index in [4.69, 9.17) is 16.6 Å². The highest BCUT2D eigenvalue weighted by Crippen LogP contribution is 2.15. The van der Waals surface area contributed by atoms with Crippen molar-refractivity contribution in [2.45, 2.75) is 0 Å². The quantitative estimate of drug-likeness (QED) is 0.435. The summed E-state index contributed by atoms with van der Waals surface area (Å²) in [5, 5.41) is 8.85. The molecule has 15 heavy (non-hydrogen) atoms. The van der Waals surface area contributed by atoms with E-state index in [0.717, 1.165) is 0 Å². The van der Waals surface area contributed by atoms with Crippen molar-refractivity contribution >= 4 is 17.6 Å². The van der Waals surface area contributed by atoms with E-state index in [2.05, 4.69) is 11.8 Å². The topological polar surface area (TPSA) is 106 Å². The summed E-state index contributed by atoms with van der Waals surface area (Å²) in [7, 11) is 0. The van der Waals surface area contributed by atoms with E-state index in [9.17, 15) is 9.59 Å². The smallest absolute Gasteiger partial charge is 0.339 e. The van der Waals surface area contributed by atoms with Gasteiger partial charge in [-0.2, -0.15) is 0 Å². The first-order valence-corrected chi connectivity index (χ1v) is 3.95. The number of amides is 1. The maximum absolute atomic E-state index is 10.8. The first-order chi connectivity index (χ1) is 7.02. The Bertz CT molecular complexity index is 483. The highest BCUT2D eigenvalue weighted by Gasteiger charge is 2.11. The van der Waals surface area contributed by atoms with E-state index in [0.29, 0.717) is 0 Å². The van der Waals surface area contributed by atoms with Crippen LogP contribution in [0.5, 0.6) is 0 Å². The molecular weight excluding hydrogens is 196 g/mol. The largest absolute Gasteiger partial charge is 0.478 e. The maximum atomic E-state index is 10.8. The number of primary amides is 1. The molecule has 76 valence electrons. The van der Waals surface area contributed by atoms with Gasteiger partial charge in [0.15, 0.2) is 0 Å². The van der Waals surface area contributed by atoms with Crippen molar-refractivity contribution in [3.63, 3.8) is 0 Å². The normalized spacial score (nSPS) is 8.80. The first kappa shape index (κ1) is 10.6. The molecule has 0 saturated heterocycles. The summed E-state index contributed by atoms with van der Waals surface area (Å²) >= 11 is 0. The van der Waals surface area contributed by atoms with Gasteiger partial charge in [-0.15, -0.1) is 0 Å². The molecule has 5 N–H and O–H groups in total. The number of rotatable bonds is 1. The molecule has 0 bridgehead atoms. The van der Waals surface area contributed by atoms with Gasteiger partial charge < -0.3 is 16.6 Å². The second-order valence-corrected chi connectivity index (χ2v) is 2.69. The minimum atomic E-state index is -1.19. The molecule has 0 fully saturated rings. The fraction of sp³-hybridized carbons (Fsp3) is 0. The van der Waals surface area contributed by atoms with Gasteiger partial charge >= 0.3 is 5.97 Å². The molecule has 0 aliphatic heterocycles. The van der Waals surface area contributed by atoms with Crippen molar-refractivity contribution in [2.24, 2.45) is 5.73 Å². The summed E-state index contributed by atoms with van der Waals surface area (Å²) in [5.74, 6) is 2.39. The van der Waals surface area contributed by atoms with Crippen molar-refractivity contribution in [1.82, 2.24) is 0 Å². The third kappa shape index (κ3) is 2.48. The maximum Gasteiger partial charge on any atom is 0.339 e. The van der Waals surface area contributed by atoms with Gasteiger partial charge in [-0.25, -0.2) is 4.79 Å². The third-order valence-corrected chi connectivity index (χ3v) is 1.63. The summed E-state index contributed by atoms with van der Waals surface area (Å²) in [4.78, 5) is 21.2. The summed E-state index contributed by atoms with van der Waals surface area (Å²) in [5.41, 5.74) is 10.4. The van der Waals surface area contributed by atoms with Crippen molar-refractivity contribution < 1.29 is 14.7 Å². The second-order valence-electron chi connectivity index (χ2n) is 2.69. The molecule has 1 aromatic carbocycles. The lowest BCUT2D eigenvalue weighted by Crippen LogP contribution is -2.08. The first-order valence-electron chi connectivity index (χ1n) is 3.95. The Hall–Kier alpha value is -2.48. The predicted molar refractivity (Wildman–Crippen MR) is 53.9 cm³/mol. The standard InChI is InChI=1S/C10H8N2O3/c11-7-3-1-2-6(4-5-8(12)13)9(7)10(14)15/h1-3H,11H2,(H2,12,13)(H,14,15). The van der Waals surface area contributed by atoms with Crippen LogP contribution in [-0.4, -0.2) is 17.0 Å². The molecule has 1 amide bonds. The average Bonchev–Trinajstić information content (AvgIpc) is 2.13. The lowest BCUT2D eigenvalue weighted by molar-refractivity contribution is -0.112. The molecule has 0 aliphatic rings. The van der Waals surface area contributed by atoms with Crippen LogP contribution in [0.1, 0.15) is 15.9 Å². The molecule has 5 heteroatoms. The molecule has 0 spiro atoms. The van der Waals surface area contributed by atoms with Crippen LogP contribution >= 0.6 is 0 Å². The molecule has 0 atom stereocenters. The van der Waals surface area contributed by atoms with Crippen LogP contribution in [-0.2, 0) is 4.79 Å². The average molecular weight is 204 g/mol. The van der Waals surface area contributed by atoms with Crippen LogP contribution in [0, 0.1) is 11.8 Å². The molecule has 0 saturated carbocycles. The Morgan fingerprint density at radius 1 is 1.33 bits per heavy atom. The Labute approximate surface area is 85.7 Å². The zero-order chi connectivity index (χ0) is 11.4. The fourth-order valence-electron chi connectivity index (χ4n) is 1.04. The van der Waals surface area contributed by atoms with Gasteiger partial charge in [-0.1, -0.05) is 12.0 Å². The minimum Gasteiger partial charge on any atom is -0.478 e. The van der Waals surface area contributed by atoms with E-state index in [1.807, 2.05) is 0 Å². The number of nitrogens with two attached hydrogens (primary N) is 2. The van der Waals surface area contributed by atoms with Crippen molar-refractivity contribution in [2.75, 3.05) is 5.73 Å². The van der Waals surface area contributed by atoms with Gasteiger partial charge in [0, 0.05) is 17.2 Å². The van der Waals surface area contributed by atoms with Crippen molar-refractivity contribution in [3.8, 4) is 11.8 Å². The SMILES string of the molecule is NC(=O)C#Cc1cccc(N)c1C(=O)O. The molecular formula is C10H8N2O3. The van der Waals surface area contributed by atoms with Crippen LogP contribution in [0.25, 0.3) is 0 Å².